The topological polar surface area (TPSA) is 43.7 Å². The highest BCUT2D eigenvalue weighted by molar-refractivity contribution is 5.18. The molecule has 1 rings (SSSR count). The summed E-state index contributed by atoms with van der Waals surface area (Å²) in [4.78, 5) is 1.02. The highest BCUT2D eigenvalue weighted by atomic mass is 19.4. The van der Waals surface area contributed by atoms with E-state index in [2.05, 4.69) is 0 Å². The number of aliphatic hydroxyl groups excluding tert-OH is 2. The number of nitrogens with zero attached hydrogens (tertiary/aromatic N) is 1. The maximum Gasteiger partial charge on any atom is 0.401 e. The van der Waals surface area contributed by atoms with Gasteiger partial charge in [-0.25, -0.2) is 4.39 Å². The molecule has 1 atom stereocenters. The van der Waals surface area contributed by atoms with Crippen molar-refractivity contribution in [1.82, 2.24) is 4.90 Å². The van der Waals surface area contributed by atoms with Crippen LogP contribution in [0.4, 0.5) is 17.6 Å². The third kappa shape index (κ3) is 6.31. The van der Waals surface area contributed by atoms with Crippen molar-refractivity contribution in [2.24, 2.45) is 0 Å². The van der Waals surface area contributed by atoms with Crippen LogP contribution < -0.4 is 0 Å². The molecule has 0 radical (unpaired) electrons. The second-order valence-corrected chi connectivity index (χ2v) is 4.49. The second kappa shape index (κ2) is 7.56. The normalized spacial score (nSPS) is 13.8. The lowest BCUT2D eigenvalue weighted by atomic mass is 10.1. The molecule has 0 aliphatic carbocycles. The largest absolute Gasteiger partial charge is 0.401 e. The molecule has 0 aliphatic heterocycles. The Morgan fingerprint density at radius 2 is 1.75 bits per heavy atom. The highest BCUT2D eigenvalue weighted by Gasteiger charge is 2.31. The van der Waals surface area contributed by atoms with Crippen LogP contribution in [0.25, 0.3) is 0 Å². The molecule has 7 heteroatoms. The van der Waals surface area contributed by atoms with E-state index in [1.807, 2.05) is 0 Å². The zero-order valence-corrected chi connectivity index (χ0v) is 10.8. The predicted molar refractivity (Wildman–Crippen MR) is 65.6 cm³/mol. The molecule has 0 aromatic heterocycles. The number of alkyl halides is 3. The number of halogens is 4. The Balaban J connectivity index is 2.65. The number of rotatable bonds is 7. The fourth-order valence-electron chi connectivity index (χ4n) is 1.82. The van der Waals surface area contributed by atoms with Gasteiger partial charge in [0.2, 0.25) is 0 Å². The average Bonchev–Trinajstić information content (AvgIpc) is 2.35. The standard InChI is InChI=1S/C13H17F4NO2/c14-11-4-2-10(3-5-11)12(20)8-18(6-1-7-19)9-13(15,16)17/h2-5,12,19-20H,1,6-9H2. The van der Waals surface area contributed by atoms with E-state index in [1.165, 1.54) is 12.1 Å². The molecular weight excluding hydrogens is 278 g/mol. The molecule has 1 unspecified atom stereocenters. The monoisotopic (exact) mass is 295 g/mol. The van der Waals surface area contributed by atoms with E-state index in [0.717, 1.165) is 17.0 Å². The molecule has 114 valence electrons. The van der Waals surface area contributed by atoms with E-state index < -0.39 is 24.6 Å². The fraction of sp³-hybridized carbons (Fsp3) is 0.538. The van der Waals surface area contributed by atoms with Gasteiger partial charge in [-0.1, -0.05) is 12.1 Å². The summed E-state index contributed by atoms with van der Waals surface area (Å²) in [6.07, 6.45) is -5.33. The fourth-order valence-corrected chi connectivity index (χ4v) is 1.82. The van der Waals surface area contributed by atoms with Crippen LogP contribution in [0.2, 0.25) is 0 Å². The van der Waals surface area contributed by atoms with Crippen LogP contribution >= 0.6 is 0 Å². The van der Waals surface area contributed by atoms with Crippen molar-refractivity contribution in [3.63, 3.8) is 0 Å². The maximum absolute atomic E-state index is 12.7. The van der Waals surface area contributed by atoms with Crippen LogP contribution in [-0.2, 0) is 0 Å². The smallest absolute Gasteiger partial charge is 0.396 e. The minimum absolute atomic E-state index is 0.0221. The van der Waals surface area contributed by atoms with Crippen LogP contribution in [0.15, 0.2) is 24.3 Å². The summed E-state index contributed by atoms with van der Waals surface area (Å²) in [5.74, 6) is -0.478. The molecule has 0 spiro atoms. The van der Waals surface area contributed by atoms with Crippen molar-refractivity contribution in [3.8, 4) is 0 Å². The number of benzene rings is 1. The molecule has 2 N–H and O–H groups in total. The Morgan fingerprint density at radius 1 is 1.15 bits per heavy atom. The molecule has 0 saturated heterocycles. The molecule has 0 heterocycles. The molecule has 1 aromatic rings. The van der Waals surface area contributed by atoms with Gasteiger partial charge in [-0.3, -0.25) is 4.90 Å². The quantitative estimate of drug-likeness (QED) is 0.757. The Bertz CT molecular complexity index is 394. The first-order chi connectivity index (χ1) is 9.31. The molecule has 3 nitrogen and oxygen atoms in total. The minimum Gasteiger partial charge on any atom is -0.396 e. The first-order valence-electron chi connectivity index (χ1n) is 6.15. The summed E-state index contributed by atoms with van der Waals surface area (Å²) in [6.45, 7) is -1.59. The molecule has 0 aliphatic rings. The van der Waals surface area contributed by atoms with Crippen LogP contribution in [-0.4, -0.2) is 47.5 Å². The number of hydrogen-bond acceptors (Lipinski definition) is 3. The van der Waals surface area contributed by atoms with E-state index in [-0.39, 0.29) is 26.1 Å². The lowest BCUT2D eigenvalue weighted by Gasteiger charge is -2.26. The van der Waals surface area contributed by atoms with Crippen molar-refractivity contribution >= 4 is 0 Å². The predicted octanol–water partition coefficient (Wildman–Crippen LogP) is 2.11. The van der Waals surface area contributed by atoms with Crippen LogP contribution in [0.1, 0.15) is 18.1 Å². The van der Waals surface area contributed by atoms with Crippen molar-refractivity contribution in [3.05, 3.63) is 35.6 Å². The van der Waals surface area contributed by atoms with Gasteiger partial charge < -0.3 is 10.2 Å². The summed E-state index contributed by atoms with van der Waals surface area (Å²) in [5, 5.41) is 18.6. The van der Waals surface area contributed by atoms with Gasteiger partial charge in [0.25, 0.3) is 0 Å². The van der Waals surface area contributed by atoms with E-state index >= 15 is 0 Å². The molecule has 0 amide bonds. The molecule has 20 heavy (non-hydrogen) atoms. The number of aliphatic hydroxyl groups is 2. The van der Waals surface area contributed by atoms with E-state index in [9.17, 15) is 22.7 Å². The van der Waals surface area contributed by atoms with E-state index in [4.69, 9.17) is 5.11 Å². The molecule has 0 fully saturated rings. The lowest BCUT2D eigenvalue weighted by Crippen LogP contribution is -2.38. The summed E-state index contributed by atoms with van der Waals surface area (Å²) in [6, 6.07) is 4.94. The summed E-state index contributed by atoms with van der Waals surface area (Å²) in [7, 11) is 0. The Morgan fingerprint density at radius 3 is 2.25 bits per heavy atom. The highest BCUT2D eigenvalue weighted by Crippen LogP contribution is 2.20. The molecule has 1 aromatic carbocycles. The zero-order chi connectivity index (χ0) is 15.2. The first kappa shape index (κ1) is 16.9. The van der Waals surface area contributed by atoms with Crippen molar-refractivity contribution in [2.75, 3.05) is 26.2 Å². The second-order valence-electron chi connectivity index (χ2n) is 4.49. The van der Waals surface area contributed by atoms with Gasteiger partial charge in [0, 0.05) is 19.7 Å². The van der Waals surface area contributed by atoms with Crippen molar-refractivity contribution in [1.29, 1.82) is 0 Å². The van der Waals surface area contributed by atoms with Gasteiger partial charge >= 0.3 is 6.18 Å². The molecular formula is C13H17F4NO2. The Kier molecular flexibility index (Phi) is 6.38. The SMILES string of the molecule is OCCCN(CC(O)c1ccc(F)cc1)CC(F)(F)F. The van der Waals surface area contributed by atoms with Crippen molar-refractivity contribution in [2.45, 2.75) is 18.7 Å². The first-order valence-corrected chi connectivity index (χ1v) is 6.15. The van der Waals surface area contributed by atoms with Crippen LogP contribution in [0, 0.1) is 5.82 Å². The molecule has 0 bridgehead atoms. The average molecular weight is 295 g/mol. The number of hydrogen-bond donors (Lipinski definition) is 2. The summed E-state index contributed by atoms with van der Waals surface area (Å²) in [5.41, 5.74) is 0.350. The third-order valence-electron chi connectivity index (χ3n) is 2.72. The van der Waals surface area contributed by atoms with Gasteiger partial charge in [-0.15, -0.1) is 0 Å². The zero-order valence-electron chi connectivity index (χ0n) is 10.8. The van der Waals surface area contributed by atoms with Gasteiger partial charge in [0.1, 0.15) is 5.82 Å². The lowest BCUT2D eigenvalue weighted by molar-refractivity contribution is -0.148. The minimum atomic E-state index is -4.38. The van der Waals surface area contributed by atoms with E-state index in [0.29, 0.717) is 5.56 Å². The maximum atomic E-state index is 12.7. The van der Waals surface area contributed by atoms with Crippen molar-refractivity contribution < 1.29 is 27.8 Å². The molecule has 0 saturated carbocycles. The van der Waals surface area contributed by atoms with Gasteiger partial charge in [0.15, 0.2) is 0 Å². The van der Waals surface area contributed by atoms with Gasteiger partial charge in [-0.05, 0) is 24.1 Å². The van der Waals surface area contributed by atoms with Crippen LogP contribution in [0.3, 0.4) is 0 Å². The Hall–Kier alpha value is -1.18. The van der Waals surface area contributed by atoms with Gasteiger partial charge in [0.05, 0.1) is 12.6 Å². The third-order valence-corrected chi connectivity index (χ3v) is 2.72. The van der Waals surface area contributed by atoms with Gasteiger partial charge in [-0.2, -0.15) is 13.2 Å². The summed E-state index contributed by atoms with van der Waals surface area (Å²) >= 11 is 0. The van der Waals surface area contributed by atoms with Crippen LogP contribution in [0.5, 0.6) is 0 Å². The van der Waals surface area contributed by atoms with E-state index in [1.54, 1.807) is 0 Å². The summed E-state index contributed by atoms with van der Waals surface area (Å²) < 4.78 is 49.9. The Labute approximate surface area is 114 Å².